The van der Waals surface area contributed by atoms with Crippen molar-refractivity contribution in [2.75, 3.05) is 13.1 Å². The summed E-state index contributed by atoms with van der Waals surface area (Å²) in [6.45, 7) is 9.84. The van der Waals surface area contributed by atoms with Gasteiger partial charge in [-0.25, -0.2) is 10.1 Å². The van der Waals surface area contributed by atoms with Crippen molar-refractivity contribution >= 4 is 13.7 Å². The van der Waals surface area contributed by atoms with Gasteiger partial charge >= 0.3 is 7.75 Å². The zero-order valence-electron chi connectivity index (χ0n) is 10.4. The van der Waals surface area contributed by atoms with Gasteiger partial charge in [-0.3, -0.25) is 4.79 Å². The van der Waals surface area contributed by atoms with E-state index in [9.17, 15) is 4.79 Å². The van der Waals surface area contributed by atoms with Crippen LogP contribution in [0.25, 0.3) is 0 Å². The molecular weight excluding hydrogens is 231 g/mol. The maximum Gasteiger partial charge on any atom is 0.397 e. The van der Waals surface area contributed by atoms with Gasteiger partial charge in [0.05, 0.1) is 0 Å². The van der Waals surface area contributed by atoms with E-state index in [1.165, 1.54) is 0 Å². The molecule has 0 radical (unpaired) electrons. The Kier molecular flexibility index (Phi) is 9.77. The predicted molar refractivity (Wildman–Crippen MR) is 63.6 cm³/mol. The van der Waals surface area contributed by atoms with Crippen LogP contribution in [0.1, 0.15) is 34.1 Å². The molecule has 0 saturated carbocycles. The quantitative estimate of drug-likeness (QED) is 0.648. The van der Waals surface area contributed by atoms with Crippen LogP contribution in [0.5, 0.6) is 0 Å². The summed E-state index contributed by atoms with van der Waals surface area (Å²) in [5, 5.41) is 0. The van der Waals surface area contributed by atoms with E-state index in [2.05, 4.69) is 19.4 Å². The minimum Gasteiger partial charge on any atom is -0.343 e. The molecule has 4 N–H and O–H groups in total. The molecule has 0 aliphatic carbocycles. The number of hydrogen-bond acceptors (Lipinski definition) is 2. The maximum absolute atomic E-state index is 11.3. The van der Waals surface area contributed by atoms with Gasteiger partial charge in [-0.1, -0.05) is 13.8 Å². The number of carbonyl (C=O) groups excluding carboxylic acids is 1. The van der Waals surface area contributed by atoms with Crippen molar-refractivity contribution in [2.45, 2.75) is 34.1 Å². The lowest BCUT2D eigenvalue weighted by molar-refractivity contribution is -0.131. The minimum atomic E-state index is -4.14. The van der Waals surface area contributed by atoms with Gasteiger partial charge in [-0.2, -0.15) is 0 Å². The van der Waals surface area contributed by atoms with Crippen LogP contribution in [0.2, 0.25) is 0 Å². The Labute approximate surface area is 97.0 Å². The first kappa shape index (κ1) is 18.0. The molecule has 0 saturated heterocycles. The summed E-state index contributed by atoms with van der Waals surface area (Å²) in [5.74, 6) is 0.758. The number of carbonyl (C=O) groups is 1. The summed E-state index contributed by atoms with van der Waals surface area (Å²) in [5.41, 5.74) is 4.02. The van der Waals surface area contributed by atoms with Gasteiger partial charge in [-0.15, -0.1) is 0 Å². The molecule has 0 bridgehead atoms. The molecule has 1 amide bonds. The number of hydrogen-bond donors (Lipinski definition) is 3. The van der Waals surface area contributed by atoms with Gasteiger partial charge in [0.2, 0.25) is 5.91 Å². The monoisotopic (exact) mass is 254 g/mol. The van der Waals surface area contributed by atoms with E-state index >= 15 is 0 Å². The summed E-state index contributed by atoms with van der Waals surface area (Å²) in [4.78, 5) is 28.0. The van der Waals surface area contributed by atoms with Gasteiger partial charge in [0.15, 0.2) is 0 Å². The normalized spacial score (nSPS) is 10.8. The SMILES string of the molecule is CCN(CC)C(=O)CC(C)C.NP(=O)(O)O. The molecule has 0 aromatic rings. The molecule has 0 aromatic heterocycles. The molecule has 0 aliphatic rings. The number of amides is 1. The molecule has 0 fully saturated rings. The van der Waals surface area contributed by atoms with E-state index in [4.69, 9.17) is 14.4 Å². The van der Waals surface area contributed by atoms with Crippen LogP contribution in [0.15, 0.2) is 0 Å². The second-order valence-electron chi connectivity index (χ2n) is 3.75. The van der Waals surface area contributed by atoms with Crippen molar-refractivity contribution in [3.8, 4) is 0 Å². The first-order chi connectivity index (χ1) is 7.11. The highest BCUT2D eigenvalue weighted by Crippen LogP contribution is 2.20. The Morgan fingerprint density at radius 2 is 1.62 bits per heavy atom. The molecule has 0 atom stereocenters. The van der Waals surface area contributed by atoms with Gasteiger partial charge in [0.25, 0.3) is 0 Å². The zero-order valence-corrected chi connectivity index (χ0v) is 11.3. The summed E-state index contributed by atoms with van der Waals surface area (Å²) < 4.78 is 9.10. The number of nitrogens with two attached hydrogens (primary N) is 1. The standard InChI is InChI=1S/C9H19NO.H4NO3P/c1-5-10(6-2)9(11)7-8(3)4;1-5(2,3)4/h8H,5-7H2,1-4H3;(H4,1,2,3,4). The largest absolute Gasteiger partial charge is 0.397 e. The second-order valence-corrected chi connectivity index (χ2v) is 4.93. The first-order valence-corrected chi connectivity index (χ1v) is 6.91. The van der Waals surface area contributed by atoms with Crippen LogP contribution < -0.4 is 5.50 Å². The summed E-state index contributed by atoms with van der Waals surface area (Å²) in [7, 11) is -4.14. The molecule has 0 rings (SSSR count). The van der Waals surface area contributed by atoms with Crippen LogP contribution in [-0.2, 0) is 9.36 Å². The fraction of sp³-hybridized carbons (Fsp3) is 0.889. The smallest absolute Gasteiger partial charge is 0.343 e. The summed E-state index contributed by atoms with van der Waals surface area (Å²) in [6, 6.07) is 0. The summed E-state index contributed by atoms with van der Waals surface area (Å²) in [6.07, 6.45) is 0.682. The van der Waals surface area contributed by atoms with E-state index in [1.54, 1.807) is 0 Å². The summed E-state index contributed by atoms with van der Waals surface area (Å²) >= 11 is 0. The van der Waals surface area contributed by atoms with Gasteiger partial charge in [0.1, 0.15) is 0 Å². The fourth-order valence-corrected chi connectivity index (χ4v) is 1.05. The predicted octanol–water partition coefficient (Wildman–Crippen LogP) is 0.939. The van der Waals surface area contributed by atoms with E-state index < -0.39 is 7.75 Å². The molecule has 98 valence electrons. The Morgan fingerprint density at radius 1 is 1.31 bits per heavy atom. The molecule has 16 heavy (non-hydrogen) atoms. The third-order valence-corrected chi connectivity index (χ3v) is 1.70. The van der Waals surface area contributed by atoms with Crippen LogP contribution in [0.3, 0.4) is 0 Å². The van der Waals surface area contributed by atoms with E-state index in [0.29, 0.717) is 12.3 Å². The van der Waals surface area contributed by atoms with Crippen LogP contribution in [-0.4, -0.2) is 33.7 Å². The maximum atomic E-state index is 11.3. The molecule has 0 spiro atoms. The lowest BCUT2D eigenvalue weighted by Crippen LogP contribution is -2.31. The molecule has 0 aliphatic heterocycles. The molecule has 6 nitrogen and oxygen atoms in total. The van der Waals surface area contributed by atoms with Gasteiger partial charge in [0, 0.05) is 19.5 Å². The van der Waals surface area contributed by atoms with Crippen LogP contribution >= 0.6 is 7.75 Å². The van der Waals surface area contributed by atoms with Crippen molar-refractivity contribution in [1.82, 2.24) is 4.90 Å². The Bertz CT molecular complexity index is 227. The average Bonchev–Trinajstić information content (AvgIpc) is 2.01. The van der Waals surface area contributed by atoms with Crippen molar-refractivity contribution in [3.63, 3.8) is 0 Å². The highest BCUT2D eigenvalue weighted by atomic mass is 31.2. The average molecular weight is 254 g/mol. The van der Waals surface area contributed by atoms with Crippen LogP contribution in [0.4, 0.5) is 0 Å². The number of nitrogens with zero attached hydrogens (tertiary/aromatic N) is 1. The van der Waals surface area contributed by atoms with Crippen molar-refractivity contribution in [1.29, 1.82) is 0 Å². The van der Waals surface area contributed by atoms with Crippen molar-refractivity contribution < 1.29 is 19.1 Å². The molecule has 0 unspecified atom stereocenters. The Balaban J connectivity index is 0. The van der Waals surface area contributed by atoms with Crippen molar-refractivity contribution in [3.05, 3.63) is 0 Å². The van der Waals surface area contributed by atoms with E-state index in [1.807, 2.05) is 18.7 Å². The molecule has 7 heteroatoms. The highest BCUT2D eigenvalue weighted by molar-refractivity contribution is 7.49. The lowest BCUT2D eigenvalue weighted by atomic mass is 10.1. The van der Waals surface area contributed by atoms with E-state index in [0.717, 1.165) is 13.1 Å². The van der Waals surface area contributed by atoms with Crippen LogP contribution in [0, 0.1) is 5.92 Å². The Hall–Kier alpha value is -0.420. The first-order valence-electron chi connectivity index (χ1n) is 5.23. The third kappa shape index (κ3) is 16.0. The lowest BCUT2D eigenvalue weighted by Gasteiger charge is -2.19. The van der Waals surface area contributed by atoms with Crippen molar-refractivity contribution in [2.24, 2.45) is 11.4 Å². The van der Waals surface area contributed by atoms with Gasteiger partial charge in [-0.05, 0) is 19.8 Å². The van der Waals surface area contributed by atoms with Gasteiger partial charge < -0.3 is 14.7 Å². The Morgan fingerprint density at radius 3 is 1.81 bits per heavy atom. The number of rotatable bonds is 4. The zero-order chi connectivity index (χ0) is 13.4. The fourth-order valence-electron chi connectivity index (χ4n) is 1.05. The van der Waals surface area contributed by atoms with E-state index in [-0.39, 0.29) is 5.91 Å². The minimum absolute atomic E-state index is 0.282. The highest BCUT2D eigenvalue weighted by Gasteiger charge is 2.10. The third-order valence-electron chi connectivity index (χ3n) is 1.70. The molecule has 0 heterocycles. The topological polar surface area (TPSA) is 104 Å². The molecule has 0 aromatic carbocycles. The second kappa shape index (κ2) is 8.70. The molecular formula is C9H23N2O4P.